The minimum absolute atomic E-state index is 0.0619. The van der Waals surface area contributed by atoms with Crippen LogP contribution in [0.4, 0.5) is 4.39 Å². The Morgan fingerprint density at radius 2 is 1.87 bits per heavy atom. The van der Waals surface area contributed by atoms with Crippen LogP contribution in [0.3, 0.4) is 0 Å². The number of methoxy groups -OCH3 is 1. The molecular formula is C16H17ClFNO3S. The molecule has 0 fully saturated rings. The summed E-state index contributed by atoms with van der Waals surface area (Å²) in [5, 5.41) is -0.232. The maximum Gasteiger partial charge on any atom is 0.243 e. The quantitative estimate of drug-likeness (QED) is 0.816. The van der Waals surface area contributed by atoms with E-state index in [9.17, 15) is 12.8 Å². The van der Waals surface area contributed by atoms with Crippen molar-refractivity contribution in [3.05, 3.63) is 58.9 Å². The van der Waals surface area contributed by atoms with Gasteiger partial charge in [0.1, 0.15) is 11.6 Å². The molecule has 0 aromatic heterocycles. The topological polar surface area (TPSA) is 46.6 Å². The van der Waals surface area contributed by atoms with Gasteiger partial charge in [-0.15, -0.1) is 0 Å². The van der Waals surface area contributed by atoms with Crippen molar-refractivity contribution in [3.8, 4) is 5.75 Å². The molecule has 0 spiro atoms. The molecule has 0 amide bonds. The van der Waals surface area contributed by atoms with E-state index in [4.69, 9.17) is 16.3 Å². The zero-order chi connectivity index (χ0) is 17.2. The standard InChI is InChI=1S/C16H17ClFNO3S/c1-11(13-6-4-5-7-16(13)22-3)19(2)23(20,21)12-8-9-15(18)14(17)10-12/h4-11H,1-3H3. The van der Waals surface area contributed by atoms with E-state index in [2.05, 4.69) is 0 Å². The van der Waals surface area contributed by atoms with E-state index in [1.54, 1.807) is 19.1 Å². The Morgan fingerprint density at radius 1 is 1.22 bits per heavy atom. The normalized spacial score (nSPS) is 13.1. The Hall–Kier alpha value is -1.63. The molecular weight excluding hydrogens is 341 g/mol. The van der Waals surface area contributed by atoms with Gasteiger partial charge in [0.25, 0.3) is 0 Å². The lowest BCUT2D eigenvalue weighted by Crippen LogP contribution is -2.30. The summed E-state index contributed by atoms with van der Waals surface area (Å²) in [4.78, 5) is -0.0619. The van der Waals surface area contributed by atoms with Crippen LogP contribution in [0.5, 0.6) is 5.75 Å². The van der Waals surface area contributed by atoms with Gasteiger partial charge >= 0.3 is 0 Å². The van der Waals surface area contributed by atoms with Crippen LogP contribution in [0.1, 0.15) is 18.5 Å². The molecule has 1 atom stereocenters. The van der Waals surface area contributed by atoms with Crippen LogP contribution < -0.4 is 4.74 Å². The van der Waals surface area contributed by atoms with Crippen molar-refractivity contribution < 1.29 is 17.5 Å². The van der Waals surface area contributed by atoms with Crippen LogP contribution in [-0.4, -0.2) is 26.9 Å². The third kappa shape index (κ3) is 3.49. The van der Waals surface area contributed by atoms with Gasteiger partial charge in [-0.2, -0.15) is 4.31 Å². The lowest BCUT2D eigenvalue weighted by Gasteiger charge is -2.26. The van der Waals surface area contributed by atoms with Crippen LogP contribution in [-0.2, 0) is 10.0 Å². The average molecular weight is 358 g/mol. The van der Waals surface area contributed by atoms with Gasteiger partial charge in [0.15, 0.2) is 0 Å². The monoisotopic (exact) mass is 357 g/mol. The van der Waals surface area contributed by atoms with Crippen molar-refractivity contribution in [1.29, 1.82) is 0 Å². The maximum atomic E-state index is 13.3. The molecule has 0 saturated heterocycles. The van der Waals surface area contributed by atoms with Gasteiger partial charge in [-0.1, -0.05) is 29.8 Å². The highest BCUT2D eigenvalue weighted by Crippen LogP contribution is 2.32. The fourth-order valence-corrected chi connectivity index (χ4v) is 3.83. The second-order valence-electron chi connectivity index (χ2n) is 5.02. The molecule has 2 aromatic rings. The van der Waals surface area contributed by atoms with E-state index in [-0.39, 0.29) is 9.92 Å². The molecule has 0 N–H and O–H groups in total. The van der Waals surface area contributed by atoms with Crippen LogP contribution >= 0.6 is 11.6 Å². The highest BCUT2D eigenvalue weighted by molar-refractivity contribution is 7.89. The highest BCUT2D eigenvalue weighted by Gasteiger charge is 2.28. The molecule has 0 aliphatic carbocycles. The number of rotatable bonds is 5. The van der Waals surface area contributed by atoms with E-state index >= 15 is 0 Å². The molecule has 0 heterocycles. The van der Waals surface area contributed by atoms with Crippen molar-refractivity contribution in [2.45, 2.75) is 17.9 Å². The second kappa shape index (κ2) is 6.86. The fraction of sp³-hybridized carbons (Fsp3) is 0.250. The summed E-state index contributed by atoms with van der Waals surface area (Å²) < 4.78 is 45.2. The lowest BCUT2D eigenvalue weighted by atomic mass is 10.1. The first-order valence-corrected chi connectivity index (χ1v) is 8.67. The molecule has 1 unspecified atom stereocenters. The molecule has 0 saturated carbocycles. The molecule has 2 aromatic carbocycles. The van der Waals surface area contributed by atoms with Gasteiger partial charge in [0.05, 0.1) is 23.1 Å². The second-order valence-corrected chi connectivity index (χ2v) is 7.42. The van der Waals surface area contributed by atoms with Gasteiger partial charge < -0.3 is 4.74 Å². The highest BCUT2D eigenvalue weighted by atomic mass is 35.5. The molecule has 7 heteroatoms. The third-order valence-corrected chi connectivity index (χ3v) is 5.92. The molecule has 2 rings (SSSR count). The molecule has 0 bridgehead atoms. The number of nitrogens with zero attached hydrogens (tertiary/aromatic N) is 1. The van der Waals surface area contributed by atoms with E-state index in [1.807, 2.05) is 12.1 Å². The number of benzene rings is 2. The summed E-state index contributed by atoms with van der Waals surface area (Å²) in [6.07, 6.45) is 0. The molecule has 0 radical (unpaired) electrons. The maximum absolute atomic E-state index is 13.3. The van der Waals surface area contributed by atoms with E-state index < -0.39 is 21.9 Å². The molecule has 124 valence electrons. The first-order valence-electron chi connectivity index (χ1n) is 6.85. The number of hydrogen-bond acceptors (Lipinski definition) is 3. The van der Waals surface area contributed by atoms with E-state index in [0.29, 0.717) is 5.75 Å². The van der Waals surface area contributed by atoms with E-state index in [0.717, 1.165) is 17.7 Å². The van der Waals surface area contributed by atoms with Gasteiger partial charge in [0.2, 0.25) is 10.0 Å². The van der Waals surface area contributed by atoms with E-state index in [1.165, 1.54) is 24.5 Å². The molecule has 0 aliphatic rings. The molecule has 23 heavy (non-hydrogen) atoms. The Labute approximate surface area is 140 Å². The van der Waals surface area contributed by atoms with Gasteiger partial charge in [0, 0.05) is 12.6 Å². The minimum Gasteiger partial charge on any atom is -0.496 e. The minimum atomic E-state index is -3.82. The van der Waals surface area contributed by atoms with Crippen molar-refractivity contribution >= 4 is 21.6 Å². The largest absolute Gasteiger partial charge is 0.496 e. The van der Waals surface area contributed by atoms with Crippen molar-refractivity contribution in [3.63, 3.8) is 0 Å². The number of ether oxygens (including phenoxy) is 1. The number of hydrogen-bond donors (Lipinski definition) is 0. The number of para-hydroxylation sites is 1. The zero-order valence-electron chi connectivity index (χ0n) is 13.0. The first-order chi connectivity index (χ1) is 10.8. The Morgan fingerprint density at radius 3 is 2.48 bits per heavy atom. The zero-order valence-corrected chi connectivity index (χ0v) is 14.5. The summed E-state index contributed by atoms with van der Waals surface area (Å²) in [6, 6.07) is 10.1. The summed E-state index contributed by atoms with van der Waals surface area (Å²) in [6.45, 7) is 1.75. The summed E-state index contributed by atoms with van der Waals surface area (Å²) in [7, 11) is -0.834. The molecule has 0 aliphatic heterocycles. The Balaban J connectivity index is 2.41. The van der Waals surface area contributed by atoms with Crippen molar-refractivity contribution in [2.24, 2.45) is 0 Å². The lowest BCUT2D eigenvalue weighted by molar-refractivity contribution is 0.367. The fourth-order valence-electron chi connectivity index (χ4n) is 2.22. The number of sulfonamides is 1. The predicted molar refractivity (Wildman–Crippen MR) is 87.8 cm³/mol. The summed E-state index contributed by atoms with van der Waals surface area (Å²) in [5.74, 6) is -0.0646. The van der Waals surface area contributed by atoms with Gasteiger partial charge in [-0.05, 0) is 31.2 Å². The summed E-state index contributed by atoms with van der Waals surface area (Å²) >= 11 is 5.69. The van der Waals surface area contributed by atoms with Gasteiger partial charge in [-0.25, -0.2) is 12.8 Å². The van der Waals surface area contributed by atoms with Crippen molar-refractivity contribution in [1.82, 2.24) is 4.31 Å². The van der Waals surface area contributed by atoms with Crippen molar-refractivity contribution in [2.75, 3.05) is 14.2 Å². The Bertz CT molecular complexity index is 811. The van der Waals surface area contributed by atoms with Crippen LogP contribution in [0, 0.1) is 5.82 Å². The van der Waals surface area contributed by atoms with Gasteiger partial charge in [-0.3, -0.25) is 0 Å². The molecule has 4 nitrogen and oxygen atoms in total. The third-order valence-electron chi connectivity index (χ3n) is 3.70. The first kappa shape index (κ1) is 17.7. The van der Waals surface area contributed by atoms with Crippen LogP contribution in [0.15, 0.2) is 47.4 Å². The SMILES string of the molecule is COc1ccccc1C(C)N(C)S(=O)(=O)c1ccc(F)c(Cl)c1. The smallest absolute Gasteiger partial charge is 0.243 e. The van der Waals surface area contributed by atoms with Crippen LogP contribution in [0.25, 0.3) is 0 Å². The summed E-state index contributed by atoms with van der Waals surface area (Å²) in [5.41, 5.74) is 0.731. The van der Waals surface area contributed by atoms with Crippen LogP contribution in [0.2, 0.25) is 5.02 Å². The predicted octanol–water partition coefficient (Wildman–Crippen LogP) is 3.87. The Kier molecular flexibility index (Phi) is 5.29. The number of halogens is 2. The average Bonchev–Trinajstić information content (AvgIpc) is 2.55.